The van der Waals surface area contributed by atoms with Crippen LogP contribution in [0, 0.1) is 6.92 Å². The molecule has 1 fully saturated rings. The van der Waals surface area contributed by atoms with Crippen molar-refractivity contribution in [3.63, 3.8) is 0 Å². The minimum absolute atomic E-state index is 0.161. The van der Waals surface area contributed by atoms with Gasteiger partial charge in [0, 0.05) is 10.6 Å². The molecule has 0 aliphatic carbocycles. The highest BCUT2D eigenvalue weighted by Crippen LogP contribution is 2.27. The number of barbiturate groups is 1. The lowest BCUT2D eigenvalue weighted by atomic mass is 10.1. The predicted octanol–water partition coefficient (Wildman–Crippen LogP) is 4.89. The van der Waals surface area contributed by atoms with Crippen molar-refractivity contribution in [3.8, 4) is 5.75 Å². The summed E-state index contributed by atoms with van der Waals surface area (Å²) >= 11 is 6.03. The number of hydrogen-bond acceptors (Lipinski definition) is 4. The van der Waals surface area contributed by atoms with Crippen molar-refractivity contribution in [3.05, 3.63) is 100 Å². The number of urea groups is 1. The van der Waals surface area contributed by atoms with E-state index < -0.39 is 17.8 Å². The molecular formula is C25H19ClN2O4. The molecule has 1 saturated heterocycles. The molecule has 32 heavy (non-hydrogen) atoms. The number of benzene rings is 3. The summed E-state index contributed by atoms with van der Waals surface area (Å²) in [6.45, 7) is 2.05. The van der Waals surface area contributed by atoms with Gasteiger partial charge >= 0.3 is 6.03 Å². The molecular weight excluding hydrogens is 428 g/mol. The lowest BCUT2D eigenvalue weighted by molar-refractivity contribution is -0.122. The van der Waals surface area contributed by atoms with Gasteiger partial charge in [0.1, 0.15) is 17.9 Å². The normalized spacial score (nSPS) is 15.1. The van der Waals surface area contributed by atoms with Crippen molar-refractivity contribution in [1.82, 2.24) is 5.32 Å². The minimum atomic E-state index is -0.781. The van der Waals surface area contributed by atoms with Crippen LogP contribution in [0.25, 0.3) is 6.08 Å². The lowest BCUT2D eigenvalue weighted by Gasteiger charge is -2.27. The quantitative estimate of drug-likeness (QED) is 0.447. The predicted molar refractivity (Wildman–Crippen MR) is 122 cm³/mol. The summed E-state index contributed by atoms with van der Waals surface area (Å²) in [7, 11) is 0. The zero-order chi connectivity index (χ0) is 22.7. The summed E-state index contributed by atoms with van der Waals surface area (Å²) in [5, 5.41) is 2.85. The van der Waals surface area contributed by atoms with E-state index >= 15 is 0 Å². The molecule has 1 N–H and O–H groups in total. The van der Waals surface area contributed by atoms with Gasteiger partial charge in [-0.15, -0.1) is 0 Å². The number of rotatable bonds is 5. The largest absolute Gasteiger partial charge is 0.488 e. The van der Waals surface area contributed by atoms with Gasteiger partial charge in [-0.25, -0.2) is 9.69 Å². The van der Waals surface area contributed by atoms with E-state index in [9.17, 15) is 14.4 Å². The molecule has 3 aromatic carbocycles. The number of halogens is 1. The van der Waals surface area contributed by atoms with E-state index in [4.69, 9.17) is 16.3 Å². The summed E-state index contributed by atoms with van der Waals surface area (Å²) in [4.78, 5) is 39.1. The lowest BCUT2D eigenvalue weighted by Crippen LogP contribution is -2.54. The number of aryl methyl sites for hydroxylation is 1. The van der Waals surface area contributed by atoms with Crippen molar-refractivity contribution in [2.45, 2.75) is 13.5 Å². The van der Waals surface area contributed by atoms with Crippen LogP contribution in [0.3, 0.4) is 0 Å². The van der Waals surface area contributed by atoms with E-state index in [-0.39, 0.29) is 12.2 Å². The number of ether oxygens (including phenoxy) is 1. The maximum Gasteiger partial charge on any atom is 0.335 e. The first-order valence-electron chi connectivity index (χ1n) is 9.87. The van der Waals surface area contributed by atoms with Gasteiger partial charge < -0.3 is 4.74 Å². The van der Waals surface area contributed by atoms with E-state index in [0.29, 0.717) is 22.0 Å². The van der Waals surface area contributed by atoms with Crippen LogP contribution in [-0.2, 0) is 16.2 Å². The number of hydrogen-bond donors (Lipinski definition) is 1. The van der Waals surface area contributed by atoms with Crippen LogP contribution in [0.15, 0.2) is 78.4 Å². The molecule has 0 aromatic heterocycles. The topological polar surface area (TPSA) is 75.7 Å². The Morgan fingerprint density at radius 2 is 1.72 bits per heavy atom. The van der Waals surface area contributed by atoms with E-state index in [0.717, 1.165) is 16.0 Å². The van der Waals surface area contributed by atoms with Crippen LogP contribution in [0.2, 0.25) is 5.02 Å². The van der Waals surface area contributed by atoms with Gasteiger partial charge in [-0.1, -0.05) is 60.1 Å². The number of nitrogens with one attached hydrogen (secondary N) is 1. The standard InChI is InChI=1S/C25H19ClN2O4/c1-16-7-2-4-11-21(16)28-24(30)20(23(29)27-25(28)31)14-18-9-3-5-12-22(18)32-15-17-8-6-10-19(26)13-17/h2-14H,15H2,1H3,(H,27,29,31)/b20-14+. The van der Waals surface area contributed by atoms with Gasteiger partial charge in [0.25, 0.3) is 11.8 Å². The molecule has 0 radical (unpaired) electrons. The second-order valence-electron chi connectivity index (χ2n) is 7.20. The first-order valence-corrected chi connectivity index (χ1v) is 10.2. The molecule has 4 rings (SSSR count). The third-order valence-electron chi connectivity index (χ3n) is 4.96. The van der Waals surface area contributed by atoms with E-state index in [1.807, 2.05) is 12.1 Å². The maximum atomic E-state index is 13.2. The first kappa shape index (κ1) is 21.3. The fourth-order valence-corrected chi connectivity index (χ4v) is 3.58. The van der Waals surface area contributed by atoms with Gasteiger partial charge in [-0.2, -0.15) is 0 Å². The van der Waals surface area contributed by atoms with Crippen LogP contribution < -0.4 is 15.0 Å². The second-order valence-corrected chi connectivity index (χ2v) is 7.64. The molecule has 4 amide bonds. The number of anilines is 1. The minimum Gasteiger partial charge on any atom is -0.488 e. The molecule has 1 aliphatic heterocycles. The SMILES string of the molecule is Cc1ccccc1N1C(=O)NC(=O)/C(=C\c2ccccc2OCc2cccc(Cl)c2)C1=O. The Balaban J connectivity index is 1.65. The Morgan fingerprint density at radius 1 is 0.969 bits per heavy atom. The van der Waals surface area contributed by atoms with Gasteiger partial charge in [-0.05, 0) is 48.4 Å². The van der Waals surface area contributed by atoms with Crippen molar-refractivity contribution < 1.29 is 19.1 Å². The van der Waals surface area contributed by atoms with Crippen molar-refractivity contribution in [1.29, 1.82) is 0 Å². The van der Waals surface area contributed by atoms with Gasteiger partial charge in [0.2, 0.25) is 0 Å². The zero-order valence-corrected chi connectivity index (χ0v) is 17.9. The fourth-order valence-electron chi connectivity index (χ4n) is 3.37. The Bertz CT molecular complexity index is 1250. The second kappa shape index (κ2) is 9.08. The van der Waals surface area contributed by atoms with E-state index in [1.54, 1.807) is 67.6 Å². The summed E-state index contributed by atoms with van der Waals surface area (Å²) in [6, 6.07) is 20.5. The molecule has 6 nitrogen and oxygen atoms in total. The Kier molecular flexibility index (Phi) is 6.05. The monoisotopic (exact) mass is 446 g/mol. The van der Waals surface area contributed by atoms with Crippen LogP contribution in [0.1, 0.15) is 16.7 Å². The summed E-state index contributed by atoms with van der Waals surface area (Å²) in [5.74, 6) is -0.966. The van der Waals surface area contributed by atoms with Gasteiger partial charge in [0.15, 0.2) is 0 Å². The highest BCUT2D eigenvalue weighted by atomic mass is 35.5. The molecule has 160 valence electrons. The Hall–Kier alpha value is -3.90. The van der Waals surface area contributed by atoms with Crippen LogP contribution in [0.4, 0.5) is 10.5 Å². The average molecular weight is 447 g/mol. The number of carbonyl (C=O) groups is 3. The summed E-state index contributed by atoms with van der Waals surface area (Å²) in [5.41, 5.74) is 2.40. The van der Waals surface area contributed by atoms with Gasteiger partial charge in [-0.3, -0.25) is 14.9 Å². The maximum absolute atomic E-state index is 13.2. The molecule has 0 unspecified atom stereocenters. The molecule has 0 saturated carbocycles. The number of imide groups is 2. The third-order valence-corrected chi connectivity index (χ3v) is 5.20. The Labute approximate surface area is 190 Å². The number of amides is 4. The summed E-state index contributed by atoms with van der Waals surface area (Å²) in [6.07, 6.45) is 1.43. The highest BCUT2D eigenvalue weighted by Gasteiger charge is 2.37. The molecule has 0 bridgehead atoms. The molecule has 0 spiro atoms. The first-order chi connectivity index (χ1) is 15.4. The smallest absolute Gasteiger partial charge is 0.335 e. The number of carbonyl (C=O) groups excluding carboxylic acids is 3. The molecule has 7 heteroatoms. The van der Waals surface area contributed by atoms with Crippen LogP contribution in [-0.4, -0.2) is 17.8 Å². The van der Waals surface area contributed by atoms with Crippen molar-refractivity contribution >= 4 is 41.2 Å². The molecule has 1 aliphatic rings. The van der Waals surface area contributed by atoms with Crippen LogP contribution >= 0.6 is 11.6 Å². The van der Waals surface area contributed by atoms with E-state index in [2.05, 4.69) is 5.32 Å². The molecule has 1 heterocycles. The molecule has 0 atom stereocenters. The highest BCUT2D eigenvalue weighted by molar-refractivity contribution is 6.39. The van der Waals surface area contributed by atoms with Crippen LogP contribution in [0.5, 0.6) is 5.75 Å². The van der Waals surface area contributed by atoms with Gasteiger partial charge in [0.05, 0.1) is 5.69 Å². The number of para-hydroxylation sites is 2. The third kappa shape index (κ3) is 4.40. The summed E-state index contributed by atoms with van der Waals surface area (Å²) < 4.78 is 5.92. The van der Waals surface area contributed by atoms with Crippen molar-refractivity contribution in [2.75, 3.05) is 4.90 Å². The van der Waals surface area contributed by atoms with E-state index in [1.165, 1.54) is 6.08 Å². The molecule has 3 aromatic rings. The average Bonchev–Trinajstić information content (AvgIpc) is 2.77. The van der Waals surface area contributed by atoms with Crippen molar-refractivity contribution in [2.24, 2.45) is 0 Å². The zero-order valence-electron chi connectivity index (χ0n) is 17.2. The fraction of sp³-hybridized carbons (Fsp3) is 0.0800. The number of nitrogens with zero attached hydrogens (tertiary/aromatic N) is 1. The Morgan fingerprint density at radius 3 is 2.50 bits per heavy atom.